The minimum atomic E-state index is -0.225. The Bertz CT molecular complexity index is 957. The smallest absolute Gasteiger partial charge is 0.255 e. The molecule has 126 valence electrons. The summed E-state index contributed by atoms with van der Waals surface area (Å²) >= 11 is 0. The highest BCUT2D eigenvalue weighted by atomic mass is 16.2. The molecule has 0 aliphatic carbocycles. The molecule has 0 radical (unpaired) electrons. The fourth-order valence-electron chi connectivity index (χ4n) is 2.49. The Kier molecular flexibility index (Phi) is 4.35. The molecule has 25 heavy (non-hydrogen) atoms. The molecule has 2 aromatic heterocycles. The van der Waals surface area contributed by atoms with E-state index in [1.54, 1.807) is 31.3 Å². The van der Waals surface area contributed by atoms with Crippen LogP contribution in [0, 0.1) is 6.92 Å². The zero-order valence-corrected chi connectivity index (χ0v) is 14.1. The number of likely N-dealkylation sites (N-methyl/N-ethyl adjacent to an activating group) is 1. The molecule has 0 aliphatic rings. The van der Waals surface area contributed by atoms with Gasteiger partial charge in [0, 0.05) is 42.4 Å². The first-order valence-electron chi connectivity index (χ1n) is 7.75. The lowest BCUT2D eigenvalue weighted by molar-refractivity contribution is -0.113. The lowest BCUT2D eigenvalue weighted by Crippen LogP contribution is -2.23. The highest BCUT2D eigenvalue weighted by molar-refractivity contribution is 6.05. The summed E-state index contributed by atoms with van der Waals surface area (Å²) in [6, 6.07) is 10.4. The third-order valence-corrected chi connectivity index (χ3v) is 3.86. The normalized spacial score (nSPS) is 10.5. The number of imidazole rings is 1. The maximum Gasteiger partial charge on any atom is 0.255 e. The third kappa shape index (κ3) is 3.42. The van der Waals surface area contributed by atoms with Gasteiger partial charge in [-0.3, -0.25) is 9.59 Å². The number of amides is 2. The summed E-state index contributed by atoms with van der Waals surface area (Å²) < 4.78 is 1.90. The number of nitrogens with zero attached hydrogens (tertiary/aromatic N) is 3. The van der Waals surface area contributed by atoms with E-state index in [2.05, 4.69) is 16.9 Å². The monoisotopic (exact) mass is 334 g/mol. The Hall–Kier alpha value is -3.41. The average Bonchev–Trinajstić information content (AvgIpc) is 2.99. The molecule has 3 rings (SSSR count). The van der Waals surface area contributed by atoms with Crippen LogP contribution in [0.25, 0.3) is 5.65 Å². The lowest BCUT2D eigenvalue weighted by atomic mass is 10.2. The van der Waals surface area contributed by atoms with Gasteiger partial charge in [-0.15, -0.1) is 0 Å². The van der Waals surface area contributed by atoms with Crippen LogP contribution in [0.3, 0.4) is 0 Å². The van der Waals surface area contributed by atoms with E-state index in [1.165, 1.54) is 11.0 Å². The molecule has 0 fully saturated rings. The van der Waals surface area contributed by atoms with E-state index in [-0.39, 0.29) is 11.8 Å². The van der Waals surface area contributed by atoms with Gasteiger partial charge in [0.1, 0.15) is 5.65 Å². The Morgan fingerprint density at radius 1 is 1.24 bits per heavy atom. The number of pyridine rings is 1. The first-order chi connectivity index (χ1) is 12.0. The number of aromatic nitrogens is 2. The van der Waals surface area contributed by atoms with Gasteiger partial charge in [-0.05, 0) is 43.3 Å². The second-order valence-electron chi connectivity index (χ2n) is 5.67. The van der Waals surface area contributed by atoms with Crippen molar-refractivity contribution in [2.75, 3.05) is 17.3 Å². The number of carbonyl (C=O) groups is 2. The fraction of sp³-hybridized carbons (Fsp3) is 0.105. The van der Waals surface area contributed by atoms with Crippen molar-refractivity contribution in [3.8, 4) is 0 Å². The number of benzene rings is 1. The van der Waals surface area contributed by atoms with Crippen molar-refractivity contribution >= 4 is 28.8 Å². The Labute approximate surface area is 145 Å². The number of aryl methyl sites for hydroxylation is 1. The standard InChI is InChI=1S/C19H18N4O2/c1-4-18(24)22(3)16-7-5-14(6-8-16)19(25)21-15-9-10-23-12-13(2)20-17(23)11-15/h4-12H,1H2,2-3H3,(H,21,25). The van der Waals surface area contributed by atoms with E-state index >= 15 is 0 Å². The molecule has 1 N–H and O–H groups in total. The molecule has 2 amide bonds. The molecular weight excluding hydrogens is 316 g/mol. The van der Waals surface area contributed by atoms with E-state index in [0.717, 1.165) is 11.3 Å². The molecule has 3 aromatic rings. The number of fused-ring (bicyclic) bond motifs is 1. The fourth-order valence-corrected chi connectivity index (χ4v) is 2.49. The van der Waals surface area contributed by atoms with Crippen molar-refractivity contribution in [3.05, 3.63) is 72.7 Å². The quantitative estimate of drug-likeness (QED) is 0.746. The van der Waals surface area contributed by atoms with Crippen molar-refractivity contribution in [1.29, 1.82) is 0 Å². The van der Waals surface area contributed by atoms with Crippen LogP contribution in [0.4, 0.5) is 11.4 Å². The summed E-state index contributed by atoms with van der Waals surface area (Å²) in [5, 5.41) is 2.85. The molecule has 0 unspecified atom stereocenters. The van der Waals surface area contributed by atoms with E-state index in [4.69, 9.17) is 0 Å². The summed E-state index contributed by atoms with van der Waals surface area (Å²) in [4.78, 5) is 29.8. The van der Waals surface area contributed by atoms with E-state index < -0.39 is 0 Å². The topological polar surface area (TPSA) is 66.7 Å². The second kappa shape index (κ2) is 6.60. The Balaban J connectivity index is 1.75. The van der Waals surface area contributed by atoms with Crippen molar-refractivity contribution in [2.45, 2.75) is 6.92 Å². The van der Waals surface area contributed by atoms with Crippen LogP contribution >= 0.6 is 0 Å². The second-order valence-corrected chi connectivity index (χ2v) is 5.67. The van der Waals surface area contributed by atoms with Crippen LogP contribution in [0.15, 0.2) is 61.4 Å². The molecule has 1 aromatic carbocycles. The van der Waals surface area contributed by atoms with Crippen LogP contribution in [0.1, 0.15) is 16.1 Å². The van der Waals surface area contributed by atoms with Crippen LogP contribution in [0.5, 0.6) is 0 Å². The summed E-state index contributed by atoms with van der Waals surface area (Å²) in [7, 11) is 1.65. The van der Waals surface area contributed by atoms with Gasteiger partial charge in [-0.25, -0.2) is 4.98 Å². The lowest BCUT2D eigenvalue weighted by Gasteiger charge is -2.15. The number of rotatable bonds is 4. The maximum absolute atomic E-state index is 12.4. The molecule has 0 saturated heterocycles. The van der Waals surface area contributed by atoms with Gasteiger partial charge in [0.25, 0.3) is 5.91 Å². The first kappa shape index (κ1) is 16.4. The van der Waals surface area contributed by atoms with Crippen LogP contribution < -0.4 is 10.2 Å². The minimum Gasteiger partial charge on any atom is -0.322 e. The molecule has 6 nitrogen and oxygen atoms in total. The van der Waals surface area contributed by atoms with Crippen LogP contribution in [0.2, 0.25) is 0 Å². The minimum absolute atomic E-state index is 0.208. The summed E-state index contributed by atoms with van der Waals surface area (Å²) in [5.41, 5.74) is 3.55. The predicted octanol–water partition coefficient (Wildman–Crippen LogP) is 3.04. The third-order valence-electron chi connectivity index (χ3n) is 3.86. The molecule has 0 spiro atoms. The highest BCUT2D eigenvalue weighted by Gasteiger charge is 2.10. The molecule has 0 atom stereocenters. The van der Waals surface area contributed by atoms with E-state index in [1.807, 2.05) is 35.9 Å². The number of nitrogens with one attached hydrogen (secondary N) is 1. The predicted molar refractivity (Wildman–Crippen MR) is 97.9 cm³/mol. The van der Waals surface area contributed by atoms with E-state index in [9.17, 15) is 9.59 Å². The van der Waals surface area contributed by atoms with Crippen LogP contribution in [-0.2, 0) is 4.79 Å². The molecule has 6 heteroatoms. The number of hydrogen-bond acceptors (Lipinski definition) is 3. The Morgan fingerprint density at radius 3 is 2.64 bits per heavy atom. The maximum atomic E-state index is 12.4. The van der Waals surface area contributed by atoms with Gasteiger partial charge in [0.2, 0.25) is 5.91 Å². The molecule has 0 bridgehead atoms. The van der Waals surface area contributed by atoms with E-state index in [0.29, 0.717) is 16.9 Å². The summed E-state index contributed by atoms with van der Waals surface area (Å²) in [6.45, 7) is 5.38. The van der Waals surface area contributed by atoms with Gasteiger partial charge >= 0.3 is 0 Å². The molecular formula is C19H18N4O2. The van der Waals surface area contributed by atoms with Crippen molar-refractivity contribution in [3.63, 3.8) is 0 Å². The Morgan fingerprint density at radius 2 is 1.96 bits per heavy atom. The molecule has 2 heterocycles. The molecule has 0 aliphatic heterocycles. The van der Waals surface area contributed by atoms with Crippen molar-refractivity contribution in [1.82, 2.24) is 9.38 Å². The van der Waals surface area contributed by atoms with Gasteiger partial charge in [-0.2, -0.15) is 0 Å². The van der Waals surface area contributed by atoms with Gasteiger partial charge in [0.15, 0.2) is 0 Å². The number of anilines is 2. The van der Waals surface area contributed by atoms with Crippen LogP contribution in [-0.4, -0.2) is 28.2 Å². The number of hydrogen-bond donors (Lipinski definition) is 1. The summed E-state index contributed by atoms with van der Waals surface area (Å²) in [5.74, 6) is -0.433. The van der Waals surface area contributed by atoms with Gasteiger partial charge in [0.05, 0.1) is 5.69 Å². The SMILES string of the molecule is C=CC(=O)N(C)c1ccc(C(=O)Nc2ccn3cc(C)nc3c2)cc1. The van der Waals surface area contributed by atoms with Crippen molar-refractivity contribution < 1.29 is 9.59 Å². The average molecular weight is 334 g/mol. The zero-order valence-electron chi connectivity index (χ0n) is 14.1. The highest BCUT2D eigenvalue weighted by Crippen LogP contribution is 2.17. The largest absolute Gasteiger partial charge is 0.322 e. The molecule has 0 saturated carbocycles. The summed E-state index contributed by atoms with van der Waals surface area (Å²) in [6.07, 6.45) is 5.01. The van der Waals surface area contributed by atoms with Gasteiger partial charge < -0.3 is 14.6 Å². The zero-order chi connectivity index (χ0) is 18.0. The van der Waals surface area contributed by atoms with Crippen molar-refractivity contribution in [2.24, 2.45) is 0 Å². The first-order valence-corrected chi connectivity index (χ1v) is 7.75. The van der Waals surface area contributed by atoms with Gasteiger partial charge in [-0.1, -0.05) is 6.58 Å². The number of carbonyl (C=O) groups excluding carboxylic acids is 2.